The maximum absolute atomic E-state index is 3.17. The van der Waals surface area contributed by atoms with Crippen LogP contribution in [0.1, 0.15) is 0 Å². The van der Waals surface area contributed by atoms with Gasteiger partial charge in [0, 0.05) is 39.8 Å². The van der Waals surface area contributed by atoms with E-state index in [0.29, 0.717) is 0 Å². The Morgan fingerprint density at radius 1 is 0.867 bits per heavy atom. The molecule has 2 heteroatoms. The van der Waals surface area contributed by atoms with Crippen LogP contribution in [0.15, 0.2) is 48.5 Å². The average molecular weight is 270 g/mol. The molecule has 0 aliphatic heterocycles. The van der Waals surface area contributed by atoms with Gasteiger partial charge in [-0.3, -0.25) is 0 Å². The monoisotopic (exact) mass is 270 g/mol. The molecule has 2 aromatic rings. The van der Waals surface area contributed by atoms with Crippen LogP contribution in [0, 0.1) is 12.1 Å². The summed E-state index contributed by atoms with van der Waals surface area (Å²) in [7, 11) is 2.01. The summed E-state index contributed by atoms with van der Waals surface area (Å²) in [5.74, 6) is 0. The molecule has 2 aromatic carbocycles. The van der Waals surface area contributed by atoms with E-state index < -0.39 is 0 Å². The normalized spacial score (nSPS) is 9.13. The molecular weight excluding hydrogens is 259 g/mol. The van der Waals surface area contributed by atoms with Gasteiger partial charge in [0.1, 0.15) is 0 Å². The molecular formula is C13H11NY-2. The Morgan fingerprint density at radius 3 is 1.67 bits per heavy atom. The Hall–Kier alpha value is -0.656. The number of hydrogen-bond acceptors (Lipinski definition) is 1. The summed E-state index contributed by atoms with van der Waals surface area (Å²) in [6.07, 6.45) is 0. The Morgan fingerprint density at radius 2 is 1.33 bits per heavy atom. The van der Waals surface area contributed by atoms with Crippen molar-refractivity contribution in [1.29, 1.82) is 0 Å². The molecule has 15 heavy (non-hydrogen) atoms. The van der Waals surface area contributed by atoms with Gasteiger partial charge in [-0.2, -0.15) is 48.5 Å². The topological polar surface area (TPSA) is 3.24 Å². The first-order chi connectivity index (χ1) is 6.88. The number of benzene rings is 2. The molecule has 0 heterocycles. The Bertz CT molecular complexity index is 346. The maximum atomic E-state index is 3.17. The van der Waals surface area contributed by atoms with Crippen LogP contribution < -0.4 is 4.90 Å². The van der Waals surface area contributed by atoms with Crippen molar-refractivity contribution < 1.29 is 32.7 Å². The fourth-order valence-corrected chi connectivity index (χ4v) is 1.31. The smallest absolute Gasteiger partial charge is 0.00724 e. The summed E-state index contributed by atoms with van der Waals surface area (Å²) >= 11 is 0. The predicted octanol–water partition coefficient (Wildman–Crippen LogP) is 3.05. The SMILES string of the molecule is CN(c1[c-]cccc1)c1[c-]cccc1.[Y]. The van der Waals surface area contributed by atoms with Crippen molar-refractivity contribution in [2.24, 2.45) is 0 Å². The van der Waals surface area contributed by atoms with E-state index in [1.54, 1.807) is 0 Å². The molecule has 0 saturated heterocycles. The van der Waals surface area contributed by atoms with Crippen LogP contribution in [0.2, 0.25) is 0 Å². The van der Waals surface area contributed by atoms with Gasteiger partial charge in [0.25, 0.3) is 0 Å². The van der Waals surface area contributed by atoms with Gasteiger partial charge in [-0.05, 0) is 0 Å². The fraction of sp³-hybridized carbons (Fsp3) is 0.0769. The van der Waals surface area contributed by atoms with Crippen LogP contribution in [-0.4, -0.2) is 7.05 Å². The fourth-order valence-electron chi connectivity index (χ4n) is 1.31. The van der Waals surface area contributed by atoms with Gasteiger partial charge in [-0.15, -0.1) is 12.1 Å². The molecule has 0 atom stereocenters. The largest absolute Gasteiger partial charge is 0.391 e. The predicted molar refractivity (Wildman–Crippen MR) is 58.6 cm³/mol. The summed E-state index contributed by atoms with van der Waals surface area (Å²) in [4.78, 5) is 2.06. The van der Waals surface area contributed by atoms with Gasteiger partial charge < -0.3 is 4.90 Å². The molecule has 1 nitrogen and oxygen atoms in total. The zero-order chi connectivity index (χ0) is 9.80. The van der Waals surface area contributed by atoms with Crippen LogP contribution in [0.5, 0.6) is 0 Å². The van der Waals surface area contributed by atoms with Gasteiger partial charge in [0.15, 0.2) is 0 Å². The van der Waals surface area contributed by atoms with E-state index in [0.717, 1.165) is 11.4 Å². The minimum atomic E-state index is 0. The Labute approximate surface area is 116 Å². The van der Waals surface area contributed by atoms with E-state index in [1.807, 2.05) is 55.6 Å². The number of nitrogens with zero attached hydrogens (tertiary/aromatic N) is 1. The standard InChI is InChI=1S/C13H11N.Y/c1-14(12-8-4-2-5-9-12)13-10-6-3-7-11-13;/h2-8,10H,1H3;/q-2;. The second kappa shape index (κ2) is 6.04. The molecule has 0 amide bonds. The zero-order valence-corrected chi connectivity index (χ0v) is 11.5. The van der Waals surface area contributed by atoms with Gasteiger partial charge >= 0.3 is 0 Å². The quantitative estimate of drug-likeness (QED) is 0.758. The summed E-state index contributed by atoms with van der Waals surface area (Å²) < 4.78 is 0. The third-order valence-corrected chi connectivity index (χ3v) is 2.11. The molecule has 1 radical (unpaired) electrons. The maximum Gasteiger partial charge on any atom is 0.00724 e. The van der Waals surface area contributed by atoms with Crippen molar-refractivity contribution in [3.63, 3.8) is 0 Å². The number of hydrogen-bond donors (Lipinski definition) is 0. The van der Waals surface area contributed by atoms with Crippen LogP contribution in [0.25, 0.3) is 0 Å². The van der Waals surface area contributed by atoms with Crippen molar-refractivity contribution in [2.45, 2.75) is 0 Å². The van der Waals surface area contributed by atoms with Crippen molar-refractivity contribution in [2.75, 3.05) is 11.9 Å². The molecule has 0 aliphatic rings. The second-order valence-electron chi connectivity index (χ2n) is 3.05. The number of para-hydroxylation sites is 2. The molecule has 73 valence electrons. The minimum absolute atomic E-state index is 0. The minimum Gasteiger partial charge on any atom is -0.391 e. The van der Waals surface area contributed by atoms with E-state index >= 15 is 0 Å². The van der Waals surface area contributed by atoms with Crippen LogP contribution in [0.4, 0.5) is 11.4 Å². The van der Waals surface area contributed by atoms with E-state index in [-0.39, 0.29) is 32.7 Å². The van der Waals surface area contributed by atoms with Crippen molar-refractivity contribution in [3.05, 3.63) is 60.7 Å². The van der Waals surface area contributed by atoms with E-state index in [2.05, 4.69) is 17.0 Å². The summed E-state index contributed by atoms with van der Waals surface area (Å²) in [6.45, 7) is 0. The van der Waals surface area contributed by atoms with Crippen molar-refractivity contribution in [1.82, 2.24) is 0 Å². The first kappa shape index (κ1) is 12.4. The molecule has 0 aromatic heterocycles. The summed E-state index contributed by atoms with van der Waals surface area (Å²) in [5.41, 5.74) is 2.10. The summed E-state index contributed by atoms with van der Waals surface area (Å²) in [6, 6.07) is 22.2. The Balaban J connectivity index is 0.00000112. The van der Waals surface area contributed by atoms with E-state index in [1.165, 1.54) is 0 Å². The molecule has 0 unspecified atom stereocenters. The molecule has 0 spiro atoms. The first-order valence-electron chi connectivity index (χ1n) is 4.55. The molecule has 2 rings (SSSR count). The third kappa shape index (κ3) is 3.15. The zero-order valence-electron chi connectivity index (χ0n) is 8.64. The number of rotatable bonds is 2. The van der Waals surface area contributed by atoms with Crippen molar-refractivity contribution >= 4 is 11.4 Å². The summed E-state index contributed by atoms with van der Waals surface area (Å²) in [5, 5.41) is 0. The average Bonchev–Trinajstić information content (AvgIpc) is 2.30. The number of anilines is 2. The van der Waals surface area contributed by atoms with E-state index in [4.69, 9.17) is 0 Å². The molecule has 0 fully saturated rings. The molecule has 0 aliphatic carbocycles. The van der Waals surface area contributed by atoms with E-state index in [9.17, 15) is 0 Å². The molecule has 0 bridgehead atoms. The van der Waals surface area contributed by atoms with Crippen LogP contribution >= 0.6 is 0 Å². The molecule has 0 N–H and O–H groups in total. The third-order valence-electron chi connectivity index (χ3n) is 2.11. The van der Waals surface area contributed by atoms with Gasteiger partial charge in [0.05, 0.1) is 0 Å². The molecule has 0 saturated carbocycles. The van der Waals surface area contributed by atoms with Gasteiger partial charge in [-0.25, -0.2) is 0 Å². The van der Waals surface area contributed by atoms with Crippen molar-refractivity contribution in [3.8, 4) is 0 Å². The van der Waals surface area contributed by atoms with Crippen LogP contribution in [0.3, 0.4) is 0 Å². The Kier molecular flexibility index (Phi) is 5.00. The first-order valence-corrected chi connectivity index (χ1v) is 4.55. The second-order valence-corrected chi connectivity index (χ2v) is 3.05. The van der Waals surface area contributed by atoms with Gasteiger partial charge in [0.2, 0.25) is 0 Å². The van der Waals surface area contributed by atoms with Gasteiger partial charge in [-0.1, -0.05) is 11.4 Å². The van der Waals surface area contributed by atoms with Crippen LogP contribution in [-0.2, 0) is 32.7 Å².